The molecule has 1 atom stereocenters. The molecule has 100 valence electrons. The molecule has 0 aliphatic carbocycles. The molecule has 0 fully saturated rings. The maximum absolute atomic E-state index is 4.31. The van der Waals surface area contributed by atoms with Gasteiger partial charge in [-0.2, -0.15) is 0 Å². The predicted molar refractivity (Wildman–Crippen MR) is 80.4 cm³/mol. The predicted octanol–water partition coefficient (Wildman–Crippen LogP) is 3.67. The fourth-order valence-corrected chi connectivity index (χ4v) is 2.10. The standard InChI is InChI=1S/C16H21N3/c1-3-10-17-16-18-11-13-19(16)12-9-14(2)15-7-5-4-6-8-15/h3-8,11,13-14H,1,9-10,12H2,2H3,(H,17,18). The average Bonchev–Trinajstić information content (AvgIpc) is 2.91. The fourth-order valence-electron chi connectivity index (χ4n) is 2.10. The van der Waals surface area contributed by atoms with Crippen molar-refractivity contribution in [1.29, 1.82) is 0 Å². The van der Waals surface area contributed by atoms with Crippen molar-refractivity contribution in [3.05, 3.63) is 60.9 Å². The summed E-state index contributed by atoms with van der Waals surface area (Å²) in [7, 11) is 0. The lowest BCUT2D eigenvalue weighted by atomic mass is 9.98. The number of benzene rings is 1. The highest BCUT2D eigenvalue weighted by Crippen LogP contribution is 2.20. The topological polar surface area (TPSA) is 29.9 Å². The second kappa shape index (κ2) is 6.78. The van der Waals surface area contributed by atoms with E-state index in [1.165, 1.54) is 5.56 Å². The highest BCUT2D eigenvalue weighted by Gasteiger charge is 2.07. The van der Waals surface area contributed by atoms with Crippen molar-refractivity contribution in [3.63, 3.8) is 0 Å². The summed E-state index contributed by atoms with van der Waals surface area (Å²) in [5, 5.41) is 3.24. The second-order valence-corrected chi connectivity index (χ2v) is 4.71. The van der Waals surface area contributed by atoms with E-state index in [1.807, 2.05) is 18.5 Å². The molecule has 3 heteroatoms. The fraction of sp³-hybridized carbons (Fsp3) is 0.312. The zero-order chi connectivity index (χ0) is 13.5. The quantitative estimate of drug-likeness (QED) is 0.765. The summed E-state index contributed by atoms with van der Waals surface area (Å²) >= 11 is 0. The maximum atomic E-state index is 4.31. The number of nitrogens with zero attached hydrogens (tertiary/aromatic N) is 2. The molecule has 3 nitrogen and oxygen atoms in total. The van der Waals surface area contributed by atoms with Crippen molar-refractivity contribution >= 4 is 5.95 Å². The van der Waals surface area contributed by atoms with Gasteiger partial charge in [0.15, 0.2) is 0 Å². The van der Waals surface area contributed by atoms with E-state index in [0.717, 1.165) is 25.5 Å². The number of hydrogen-bond acceptors (Lipinski definition) is 2. The first-order valence-electron chi connectivity index (χ1n) is 6.72. The van der Waals surface area contributed by atoms with E-state index in [-0.39, 0.29) is 0 Å². The van der Waals surface area contributed by atoms with Gasteiger partial charge in [-0.05, 0) is 17.9 Å². The summed E-state index contributed by atoms with van der Waals surface area (Å²) < 4.78 is 2.16. The van der Waals surface area contributed by atoms with E-state index in [1.54, 1.807) is 0 Å². The maximum Gasteiger partial charge on any atom is 0.203 e. The molecule has 0 aliphatic rings. The summed E-state index contributed by atoms with van der Waals surface area (Å²) in [4.78, 5) is 4.31. The lowest BCUT2D eigenvalue weighted by molar-refractivity contribution is 0.579. The van der Waals surface area contributed by atoms with Crippen LogP contribution in [0.2, 0.25) is 0 Å². The molecule has 1 unspecified atom stereocenters. The van der Waals surface area contributed by atoms with Gasteiger partial charge in [0, 0.05) is 25.5 Å². The Labute approximate surface area is 115 Å². The van der Waals surface area contributed by atoms with Gasteiger partial charge in [-0.15, -0.1) is 6.58 Å². The Bertz CT molecular complexity index is 502. The number of imidazole rings is 1. The molecule has 2 rings (SSSR count). The Morgan fingerprint density at radius 1 is 1.37 bits per heavy atom. The van der Waals surface area contributed by atoms with Crippen LogP contribution in [0.4, 0.5) is 5.95 Å². The van der Waals surface area contributed by atoms with Gasteiger partial charge in [-0.25, -0.2) is 4.98 Å². The van der Waals surface area contributed by atoms with E-state index >= 15 is 0 Å². The van der Waals surface area contributed by atoms with Gasteiger partial charge < -0.3 is 9.88 Å². The summed E-state index contributed by atoms with van der Waals surface area (Å²) in [6.45, 7) is 7.68. The zero-order valence-corrected chi connectivity index (χ0v) is 11.4. The van der Waals surface area contributed by atoms with Crippen LogP contribution in [0.3, 0.4) is 0 Å². The Balaban J connectivity index is 1.92. The number of rotatable bonds is 7. The lowest BCUT2D eigenvalue weighted by Gasteiger charge is -2.14. The average molecular weight is 255 g/mol. The first-order chi connectivity index (χ1) is 9.31. The van der Waals surface area contributed by atoms with E-state index in [4.69, 9.17) is 0 Å². The second-order valence-electron chi connectivity index (χ2n) is 4.71. The van der Waals surface area contributed by atoms with Crippen LogP contribution in [0.15, 0.2) is 55.4 Å². The Kier molecular flexibility index (Phi) is 4.78. The van der Waals surface area contributed by atoms with E-state index < -0.39 is 0 Å². The summed E-state index contributed by atoms with van der Waals surface area (Å²) in [6, 6.07) is 10.6. The SMILES string of the molecule is C=CCNc1nccn1CCC(C)c1ccccc1. The summed E-state index contributed by atoms with van der Waals surface area (Å²) in [6.07, 6.45) is 6.79. The molecule has 1 N–H and O–H groups in total. The van der Waals surface area contributed by atoms with Gasteiger partial charge in [0.1, 0.15) is 0 Å². The van der Waals surface area contributed by atoms with Gasteiger partial charge in [-0.3, -0.25) is 0 Å². The highest BCUT2D eigenvalue weighted by molar-refractivity contribution is 5.27. The number of hydrogen-bond donors (Lipinski definition) is 1. The molecule has 0 aliphatic heterocycles. The van der Waals surface area contributed by atoms with Crippen molar-refractivity contribution < 1.29 is 0 Å². The highest BCUT2D eigenvalue weighted by atomic mass is 15.2. The van der Waals surface area contributed by atoms with Crippen LogP contribution in [-0.4, -0.2) is 16.1 Å². The molecule has 1 aromatic carbocycles. The normalized spacial score (nSPS) is 12.1. The van der Waals surface area contributed by atoms with Gasteiger partial charge in [-0.1, -0.05) is 43.3 Å². The largest absolute Gasteiger partial charge is 0.352 e. The van der Waals surface area contributed by atoms with Gasteiger partial charge in [0.05, 0.1) is 0 Å². The molecule has 0 spiro atoms. The molecule has 19 heavy (non-hydrogen) atoms. The molecular formula is C16H21N3. The minimum absolute atomic E-state index is 0.552. The third-order valence-electron chi connectivity index (χ3n) is 3.29. The zero-order valence-electron chi connectivity index (χ0n) is 11.4. The minimum Gasteiger partial charge on any atom is -0.352 e. The number of nitrogens with one attached hydrogen (secondary N) is 1. The smallest absolute Gasteiger partial charge is 0.203 e. The molecule has 0 amide bonds. The van der Waals surface area contributed by atoms with Gasteiger partial charge in [0.25, 0.3) is 0 Å². The van der Waals surface area contributed by atoms with Crippen LogP contribution >= 0.6 is 0 Å². The third kappa shape index (κ3) is 3.71. The Hall–Kier alpha value is -2.03. The summed E-state index contributed by atoms with van der Waals surface area (Å²) in [5.74, 6) is 1.47. The van der Waals surface area contributed by atoms with Crippen LogP contribution in [0.25, 0.3) is 0 Å². The molecule has 0 saturated carbocycles. The lowest BCUT2D eigenvalue weighted by Crippen LogP contribution is -2.08. The minimum atomic E-state index is 0.552. The van der Waals surface area contributed by atoms with Gasteiger partial charge in [0.2, 0.25) is 5.95 Å². The third-order valence-corrected chi connectivity index (χ3v) is 3.29. The Morgan fingerprint density at radius 2 is 2.16 bits per heavy atom. The first kappa shape index (κ1) is 13.4. The van der Waals surface area contributed by atoms with Crippen molar-refractivity contribution in [2.24, 2.45) is 0 Å². The van der Waals surface area contributed by atoms with Crippen LogP contribution < -0.4 is 5.32 Å². The number of aryl methyl sites for hydroxylation is 1. The first-order valence-corrected chi connectivity index (χ1v) is 6.72. The molecular weight excluding hydrogens is 234 g/mol. The van der Waals surface area contributed by atoms with E-state index in [0.29, 0.717) is 5.92 Å². The molecule has 0 radical (unpaired) electrons. The van der Waals surface area contributed by atoms with Crippen molar-refractivity contribution in [2.75, 3.05) is 11.9 Å². The van der Waals surface area contributed by atoms with Crippen molar-refractivity contribution in [1.82, 2.24) is 9.55 Å². The Morgan fingerprint density at radius 3 is 2.89 bits per heavy atom. The summed E-state index contributed by atoms with van der Waals surface area (Å²) in [5.41, 5.74) is 1.39. The van der Waals surface area contributed by atoms with Crippen LogP contribution in [-0.2, 0) is 6.54 Å². The van der Waals surface area contributed by atoms with Crippen LogP contribution in [0, 0.1) is 0 Å². The van der Waals surface area contributed by atoms with Crippen LogP contribution in [0.1, 0.15) is 24.8 Å². The molecule has 0 bridgehead atoms. The van der Waals surface area contributed by atoms with Crippen LogP contribution in [0.5, 0.6) is 0 Å². The number of aromatic nitrogens is 2. The van der Waals surface area contributed by atoms with Gasteiger partial charge >= 0.3 is 0 Å². The van der Waals surface area contributed by atoms with E-state index in [9.17, 15) is 0 Å². The monoisotopic (exact) mass is 255 g/mol. The molecule has 2 aromatic rings. The van der Waals surface area contributed by atoms with Crippen molar-refractivity contribution in [2.45, 2.75) is 25.8 Å². The molecule has 1 aromatic heterocycles. The van der Waals surface area contributed by atoms with Crippen molar-refractivity contribution in [3.8, 4) is 0 Å². The molecule has 0 saturated heterocycles. The number of anilines is 1. The van der Waals surface area contributed by atoms with E-state index in [2.05, 4.69) is 58.7 Å². The molecule has 1 heterocycles.